The average Bonchev–Trinajstić information content (AvgIpc) is 2.16. The van der Waals surface area contributed by atoms with Gasteiger partial charge in [-0.3, -0.25) is 0 Å². The second-order valence-electron chi connectivity index (χ2n) is 3.63. The van der Waals surface area contributed by atoms with Gasteiger partial charge >= 0.3 is 0 Å². The third kappa shape index (κ3) is 2.48. The van der Waals surface area contributed by atoms with E-state index in [1.54, 1.807) is 7.11 Å². The molecule has 0 fully saturated rings. The highest BCUT2D eigenvalue weighted by molar-refractivity contribution is 5.40. The first-order chi connectivity index (χ1) is 6.69. The highest BCUT2D eigenvalue weighted by Gasteiger charge is 2.07. The van der Waals surface area contributed by atoms with Crippen molar-refractivity contribution in [2.45, 2.75) is 32.7 Å². The van der Waals surface area contributed by atoms with E-state index in [1.165, 1.54) is 11.1 Å². The van der Waals surface area contributed by atoms with E-state index < -0.39 is 0 Å². The van der Waals surface area contributed by atoms with E-state index in [4.69, 9.17) is 10.5 Å². The molecule has 0 heterocycles. The Labute approximate surface area is 86.1 Å². The first-order valence-corrected chi connectivity index (χ1v) is 5.09. The number of hydrogen-bond acceptors (Lipinski definition) is 2. The minimum Gasteiger partial charge on any atom is -0.496 e. The van der Waals surface area contributed by atoms with Crippen molar-refractivity contribution in [3.63, 3.8) is 0 Å². The molecule has 0 bridgehead atoms. The molecule has 0 radical (unpaired) electrons. The van der Waals surface area contributed by atoms with Gasteiger partial charge in [0.25, 0.3) is 0 Å². The SMILES string of the molecule is CCc1c(CC(C)N)cccc1OC. The van der Waals surface area contributed by atoms with Crippen LogP contribution in [0, 0.1) is 0 Å². The fourth-order valence-corrected chi connectivity index (χ4v) is 1.74. The molecule has 1 unspecified atom stereocenters. The Balaban J connectivity index is 3.02. The van der Waals surface area contributed by atoms with Crippen LogP contribution in [0.2, 0.25) is 0 Å². The summed E-state index contributed by atoms with van der Waals surface area (Å²) in [6.07, 6.45) is 1.91. The average molecular weight is 193 g/mol. The van der Waals surface area contributed by atoms with Crippen LogP contribution in [-0.4, -0.2) is 13.2 Å². The van der Waals surface area contributed by atoms with Crippen molar-refractivity contribution in [1.82, 2.24) is 0 Å². The zero-order valence-electron chi connectivity index (χ0n) is 9.21. The van der Waals surface area contributed by atoms with Gasteiger partial charge in [0.15, 0.2) is 0 Å². The zero-order chi connectivity index (χ0) is 10.6. The predicted molar refractivity (Wildman–Crippen MR) is 59.7 cm³/mol. The molecule has 0 saturated heterocycles. The molecule has 0 saturated carbocycles. The summed E-state index contributed by atoms with van der Waals surface area (Å²) in [6.45, 7) is 4.17. The van der Waals surface area contributed by atoms with Crippen molar-refractivity contribution in [3.05, 3.63) is 29.3 Å². The molecular weight excluding hydrogens is 174 g/mol. The van der Waals surface area contributed by atoms with Crippen LogP contribution in [0.15, 0.2) is 18.2 Å². The molecule has 0 aliphatic carbocycles. The Hall–Kier alpha value is -1.02. The molecule has 0 aliphatic heterocycles. The van der Waals surface area contributed by atoms with Crippen LogP contribution in [0.4, 0.5) is 0 Å². The van der Waals surface area contributed by atoms with E-state index in [1.807, 2.05) is 19.1 Å². The number of hydrogen-bond donors (Lipinski definition) is 1. The van der Waals surface area contributed by atoms with Crippen molar-refractivity contribution in [2.75, 3.05) is 7.11 Å². The number of nitrogens with two attached hydrogens (primary N) is 1. The Kier molecular flexibility index (Phi) is 3.96. The van der Waals surface area contributed by atoms with E-state index in [2.05, 4.69) is 13.0 Å². The Morgan fingerprint density at radius 2 is 2.14 bits per heavy atom. The van der Waals surface area contributed by atoms with Crippen molar-refractivity contribution in [3.8, 4) is 5.75 Å². The van der Waals surface area contributed by atoms with Crippen LogP contribution in [0.25, 0.3) is 0 Å². The molecule has 0 spiro atoms. The molecule has 78 valence electrons. The van der Waals surface area contributed by atoms with Gasteiger partial charge in [-0.1, -0.05) is 19.1 Å². The topological polar surface area (TPSA) is 35.2 Å². The standard InChI is InChI=1S/C12H19NO/c1-4-11-10(8-9(2)13)6-5-7-12(11)14-3/h5-7,9H,4,8,13H2,1-3H3. The molecule has 2 nitrogen and oxygen atoms in total. The maximum atomic E-state index is 5.80. The minimum absolute atomic E-state index is 0.201. The van der Waals surface area contributed by atoms with Gasteiger partial charge in [-0.2, -0.15) is 0 Å². The van der Waals surface area contributed by atoms with Gasteiger partial charge in [0.2, 0.25) is 0 Å². The van der Waals surface area contributed by atoms with Crippen LogP contribution in [0.1, 0.15) is 25.0 Å². The van der Waals surface area contributed by atoms with Crippen LogP contribution in [0.5, 0.6) is 5.75 Å². The molecule has 0 amide bonds. The maximum absolute atomic E-state index is 5.80. The fourth-order valence-electron chi connectivity index (χ4n) is 1.74. The molecule has 14 heavy (non-hydrogen) atoms. The largest absolute Gasteiger partial charge is 0.496 e. The summed E-state index contributed by atoms with van der Waals surface area (Å²) in [4.78, 5) is 0. The van der Waals surface area contributed by atoms with Gasteiger partial charge in [-0.25, -0.2) is 0 Å². The molecule has 2 heteroatoms. The predicted octanol–water partition coefficient (Wildman–Crippen LogP) is 2.15. The number of ether oxygens (including phenoxy) is 1. The number of benzene rings is 1. The normalized spacial score (nSPS) is 12.6. The zero-order valence-corrected chi connectivity index (χ0v) is 9.21. The second-order valence-corrected chi connectivity index (χ2v) is 3.63. The Morgan fingerprint density at radius 1 is 1.43 bits per heavy atom. The highest BCUT2D eigenvalue weighted by Crippen LogP contribution is 2.23. The lowest BCUT2D eigenvalue weighted by Crippen LogP contribution is -2.18. The third-order valence-electron chi connectivity index (χ3n) is 2.35. The van der Waals surface area contributed by atoms with E-state index in [0.717, 1.165) is 18.6 Å². The van der Waals surface area contributed by atoms with Crippen molar-refractivity contribution in [1.29, 1.82) is 0 Å². The monoisotopic (exact) mass is 193 g/mol. The first-order valence-electron chi connectivity index (χ1n) is 5.09. The van der Waals surface area contributed by atoms with Gasteiger partial charge < -0.3 is 10.5 Å². The fraction of sp³-hybridized carbons (Fsp3) is 0.500. The van der Waals surface area contributed by atoms with Gasteiger partial charge in [0, 0.05) is 6.04 Å². The summed E-state index contributed by atoms with van der Waals surface area (Å²) >= 11 is 0. The lowest BCUT2D eigenvalue weighted by Gasteiger charge is -2.13. The quantitative estimate of drug-likeness (QED) is 0.795. The van der Waals surface area contributed by atoms with Gasteiger partial charge in [0.05, 0.1) is 7.11 Å². The van der Waals surface area contributed by atoms with E-state index >= 15 is 0 Å². The molecule has 1 rings (SSSR count). The van der Waals surface area contributed by atoms with Crippen LogP contribution in [-0.2, 0) is 12.8 Å². The molecular formula is C12H19NO. The van der Waals surface area contributed by atoms with E-state index in [0.29, 0.717) is 0 Å². The summed E-state index contributed by atoms with van der Waals surface area (Å²) in [5.74, 6) is 0.977. The Morgan fingerprint density at radius 3 is 2.64 bits per heavy atom. The number of methoxy groups -OCH3 is 1. The molecule has 1 atom stereocenters. The summed E-state index contributed by atoms with van der Waals surface area (Å²) in [5.41, 5.74) is 8.39. The Bertz CT molecular complexity index is 294. The molecule has 2 N–H and O–H groups in total. The summed E-state index contributed by atoms with van der Waals surface area (Å²) in [6, 6.07) is 6.36. The second kappa shape index (κ2) is 5.01. The maximum Gasteiger partial charge on any atom is 0.122 e. The number of rotatable bonds is 4. The van der Waals surface area contributed by atoms with Gasteiger partial charge in [-0.15, -0.1) is 0 Å². The summed E-state index contributed by atoms with van der Waals surface area (Å²) in [7, 11) is 1.71. The van der Waals surface area contributed by atoms with Crippen LogP contribution < -0.4 is 10.5 Å². The van der Waals surface area contributed by atoms with Crippen LogP contribution >= 0.6 is 0 Å². The lowest BCUT2D eigenvalue weighted by molar-refractivity contribution is 0.409. The lowest BCUT2D eigenvalue weighted by atomic mass is 9.99. The van der Waals surface area contributed by atoms with E-state index in [-0.39, 0.29) is 6.04 Å². The van der Waals surface area contributed by atoms with Gasteiger partial charge in [0.1, 0.15) is 5.75 Å². The van der Waals surface area contributed by atoms with Gasteiger partial charge in [-0.05, 0) is 37.0 Å². The van der Waals surface area contributed by atoms with E-state index in [9.17, 15) is 0 Å². The first kappa shape index (κ1) is 11.1. The summed E-state index contributed by atoms with van der Waals surface area (Å²) < 4.78 is 5.32. The smallest absolute Gasteiger partial charge is 0.122 e. The minimum atomic E-state index is 0.201. The molecule has 0 aromatic heterocycles. The van der Waals surface area contributed by atoms with Crippen molar-refractivity contribution >= 4 is 0 Å². The van der Waals surface area contributed by atoms with Crippen molar-refractivity contribution in [2.24, 2.45) is 5.73 Å². The summed E-state index contributed by atoms with van der Waals surface area (Å²) in [5, 5.41) is 0. The highest BCUT2D eigenvalue weighted by atomic mass is 16.5. The van der Waals surface area contributed by atoms with Crippen LogP contribution in [0.3, 0.4) is 0 Å². The third-order valence-corrected chi connectivity index (χ3v) is 2.35. The molecule has 1 aromatic rings. The molecule has 0 aliphatic rings. The van der Waals surface area contributed by atoms with Crippen molar-refractivity contribution < 1.29 is 4.74 Å². The molecule has 1 aromatic carbocycles.